The molecule has 0 aliphatic heterocycles. The summed E-state index contributed by atoms with van der Waals surface area (Å²) in [5.41, 5.74) is 0. The van der Waals surface area contributed by atoms with Crippen molar-refractivity contribution < 1.29 is 18.0 Å². The molecule has 2 amide bonds. The number of urea groups is 1. The number of rotatable bonds is 6. The predicted octanol–water partition coefficient (Wildman–Crippen LogP) is 3.03. The Bertz CT molecular complexity index is 384. The van der Waals surface area contributed by atoms with Crippen molar-refractivity contribution in [2.75, 3.05) is 18.8 Å². The normalized spacial score (nSPS) is 11.1. The molecule has 0 saturated heterocycles. The van der Waals surface area contributed by atoms with Gasteiger partial charge >= 0.3 is 12.2 Å². The Hall–Kier alpha value is -1.37. The molecule has 3 nitrogen and oxygen atoms in total. The van der Waals surface area contributed by atoms with Gasteiger partial charge in [-0.25, -0.2) is 4.79 Å². The number of carbonyl (C=O) groups is 1. The molecule has 0 bridgehead atoms. The summed E-state index contributed by atoms with van der Waals surface area (Å²) in [6.07, 6.45) is -3.68. The van der Waals surface area contributed by atoms with E-state index in [0.29, 0.717) is 13.0 Å². The van der Waals surface area contributed by atoms with E-state index in [9.17, 15) is 18.0 Å². The van der Waals surface area contributed by atoms with Gasteiger partial charge < -0.3 is 10.6 Å². The second-order valence-corrected chi connectivity index (χ2v) is 4.91. The van der Waals surface area contributed by atoms with Crippen LogP contribution in [0, 0.1) is 0 Å². The van der Waals surface area contributed by atoms with Gasteiger partial charge in [-0.15, -0.1) is 11.8 Å². The maximum absolute atomic E-state index is 11.8. The highest BCUT2D eigenvalue weighted by molar-refractivity contribution is 7.99. The SMILES string of the molecule is O=C(NCCCSc1ccccc1)NCC(F)(F)F. The Kier molecular flexibility index (Phi) is 6.55. The van der Waals surface area contributed by atoms with Crippen LogP contribution in [0.5, 0.6) is 0 Å². The lowest BCUT2D eigenvalue weighted by atomic mass is 10.4. The van der Waals surface area contributed by atoms with Gasteiger partial charge in [0.2, 0.25) is 0 Å². The number of halogens is 3. The van der Waals surface area contributed by atoms with Crippen molar-refractivity contribution in [2.24, 2.45) is 0 Å². The van der Waals surface area contributed by atoms with Gasteiger partial charge in [-0.2, -0.15) is 13.2 Å². The van der Waals surface area contributed by atoms with Crippen LogP contribution in [-0.2, 0) is 0 Å². The van der Waals surface area contributed by atoms with Gasteiger partial charge in [-0.05, 0) is 24.3 Å². The molecule has 106 valence electrons. The molecular weight excluding hydrogens is 277 g/mol. The third-order valence-corrected chi connectivity index (χ3v) is 3.17. The first kappa shape index (κ1) is 15.7. The number of carbonyl (C=O) groups excluding carboxylic acids is 1. The van der Waals surface area contributed by atoms with Gasteiger partial charge in [-0.1, -0.05) is 18.2 Å². The maximum Gasteiger partial charge on any atom is 0.405 e. The highest BCUT2D eigenvalue weighted by atomic mass is 32.2. The third kappa shape index (κ3) is 8.36. The molecule has 0 unspecified atom stereocenters. The van der Waals surface area contributed by atoms with E-state index < -0.39 is 18.8 Å². The largest absolute Gasteiger partial charge is 0.405 e. The number of alkyl halides is 3. The number of hydrogen-bond donors (Lipinski definition) is 2. The van der Waals surface area contributed by atoms with Gasteiger partial charge in [0, 0.05) is 11.4 Å². The molecule has 1 aromatic carbocycles. The average Bonchev–Trinajstić information content (AvgIpc) is 2.36. The van der Waals surface area contributed by atoms with Crippen LogP contribution in [0.2, 0.25) is 0 Å². The number of hydrogen-bond acceptors (Lipinski definition) is 2. The fourth-order valence-electron chi connectivity index (χ4n) is 1.22. The maximum atomic E-state index is 11.8. The fraction of sp³-hybridized carbons (Fsp3) is 0.417. The van der Waals surface area contributed by atoms with Crippen LogP contribution < -0.4 is 10.6 Å². The van der Waals surface area contributed by atoms with Crippen molar-refractivity contribution in [2.45, 2.75) is 17.5 Å². The lowest BCUT2D eigenvalue weighted by Crippen LogP contribution is -2.41. The van der Waals surface area contributed by atoms with Crippen LogP contribution in [0.4, 0.5) is 18.0 Å². The first-order valence-electron chi connectivity index (χ1n) is 5.74. The predicted molar refractivity (Wildman–Crippen MR) is 69.2 cm³/mol. The molecule has 1 aromatic rings. The van der Waals surface area contributed by atoms with E-state index in [0.717, 1.165) is 10.6 Å². The van der Waals surface area contributed by atoms with Crippen LogP contribution in [0.15, 0.2) is 35.2 Å². The topological polar surface area (TPSA) is 41.1 Å². The van der Waals surface area contributed by atoms with E-state index in [1.54, 1.807) is 17.1 Å². The van der Waals surface area contributed by atoms with Gasteiger partial charge in [0.25, 0.3) is 0 Å². The van der Waals surface area contributed by atoms with Gasteiger partial charge in [0.1, 0.15) is 6.54 Å². The summed E-state index contributed by atoms with van der Waals surface area (Å²) < 4.78 is 35.4. The lowest BCUT2D eigenvalue weighted by molar-refractivity contribution is -0.122. The quantitative estimate of drug-likeness (QED) is 0.625. The third-order valence-electron chi connectivity index (χ3n) is 2.07. The standard InChI is InChI=1S/C12H15F3N2OS/c13-12(14,15)9-17-11(18)16-7-4-8-19-10-5-2-1-3-6-10/h1-3,5-6H,4,7-9H2,(H2,16,17,18). The van der Waals surface area contributed by atoms with Crippen molar-refractivity contribution in [3.05, 3.63) is 30.3 Å². The Morgan fingerprint density at radius 1 is 1.16 bits per heavy atom. The molecule has 0 aliphatic carbocycles. The molecule has 0 heterocycles. The van der Waals surface area contributed by atoms with Crippen molar-refractivity contribution in [3.63, 3.8) is 0 Å². The molecule has 0 spiro atoms. The first-order chi connectivity index (χ1) is 8.97. The first-order valence-corrected chi connectivity index (χ1v) is 6.72. The average molecular weight is 292 g/mol. The number of nitrogens with one attached hydrogen (secondary N) is 2. The summed E-state index contributed by atoms with van der Waals surface area (Å²) in [5, 5.41) is 4.13. The molecule has 0 radical (unpaired) electrons. The van der Waals surface area contributed by atoms with Crippen molar-refractivity contribution in [1.82, 2.24) is 10.6 Å². The summed E-state index contributed by atoms with van der Waals surface area (Å²) >= 11 is 1.64. The highest BCUT2D eigenvalue weighted by Gasteiger charge is 2.27. The molecule has 2 N–H and O–H groups in total. The molecule has 0 aromatic heterocycles. The Balaban J connectivity index is 2.03. The van der Waals surface area contributed by atoms with Crippen molar-refractivity contribution in [1.29, 1.82) is 0 Å². The Labute approximate surface area is 114 Å². The van der Waals surface area contributed by atoms with Crippen LogP contribution in [-0.4, -0.2) is 31.0 Å². The van der Waals surface area contributed by atoms with Crippen LogP contribution in [0.3, 0.4) is 0 Å². The van der Waals surface area contributed by atoms with E-state index in [1.165, 1.54) is 0 Å². The molecule has 1 rings (SSSR count). The number of amides is 2. The van der Waals surface area contributed by atoms with Gasteiger partial charge in [0.05, 0.1) is 0 Å². The van der Waals surface area contributed by atoms with E-state index in [2.05, 4.69) is 5.32 Å². The zero-order chi connectivity index (χ0) is 14.1. The molecule has 19 heavy (non-hydrogen) atoms. The van der Waals surface area contributed by atoms with Crippen LogP contribution in [0.25, 0.3) is 0 Å². The van der Waals surface area contributed by atoms with Crippen molar-refractivity contribution >= 4 is 17.8 Å². The minimum atomic E-state index is -4.37. The molecule has 0 aliphatic rings. The fourth-order valence-corrected chi connectivity index (χ4v) is 2.10. The molecular formula is C12H15F3N2OS. The second kappa shape index (κ2) is 7.93. The van der Waals surface area contributed by atoms with Crippen molar-refractivity contribution in [3.8, 4) is 0 Å². The second-order valence-electron chi connectivity index (χ2n) is 3.74. The van der Waals surface area contributed by atoms with E-state index >= 15 is 0 Å². The highest BCUT2D eigenvalue weighted by Crippen LogP contribution is 2.17. The summed E-state index contributed by atoms with van der Waals surface area (Å²) in [4.78, 5) is 12.1. The van der Waals surface area contributed by atoms with Gasteiger partial charge in [0.15, 0.2) is 0 Å². The summed E-state index contributed by atoms with van der Waals surface area (Å²) in [6, 6.07) is 8.97. The zero-order valence-corrected chi connectivity index (χ0v) is 11.0. The minimum absolute atomic E-state index is 0.351. The summed E-state index contributed by atoms with van der Waals surface area (Å²) in [6.45, 7) is -0.957. The van der Waals surface area contributed by atoms with E-state index in [1.807, 2.05) is 30.3 Å². The summed E-state index contributed by atoms with van der Waals surface area (Å²) in [7, 11) is 0. The van der Waals surface area contributed by atoms with Crippen LogP contribution >= 0.6 is 11.8 Å². The van der Waals surface area contributed by atoms with Gasteiger partial charge in [-0.3, -0.25) is 0 Å². The lowest BCUT2D eigenvalue weighted by Gasteiger charge is -2.09. The van der Waals surface area contributed by atoms with E-state index in [4.69, 9.17) is 0 Å². The monoisotopic (exact) mass is 292 g/mol. The zero-order valence-electron chi connectivity index (χ0n) is 10.2. The molecule has 0 atom stereocenters. The number of benzene rings is 1. The molecule has 7 heteroatoms. The molecule has 0 fully saturated rings. The Morgan fingerprint density at radius 2 is 1.84 bits per heavy atom. The van der Waals surface area contributed by atoms with E-state index in [-0.39, 0.29) is 0 Å². The smallest absolute Gasteiger partial charge is 0.338 e. The Morgan fingerprint density at radius 3 is 2.47 bits per heavy atom. The van der Waals surface area contributed by atoms with Crippen LogP contribution in [0.1, 0.15) is 6.42 Å². The summed E-state index contributed by atoms with van der Waals surface area (Å²) in [5.74, 6) is 0.795. The molecule has 0 saturated carbocycles. The minimum Gasteiger partial charge on any atom is -0.338 e. The number of thioether (sulfide) groups is 1.